The molecule has 0 aliphatic heterocycles. The number of rotatable bonds is 4. The summed E-state index contributed by atoms with van der Waals surface area (Å²) in [6, 6.07) is 0. The first-order valence-corrected chi connectivity index (χ1v) is 4.29. The molecular weight excluding hydrogens is 190 g/mol. The second-order valence-corrected chi connectivity index (χ2v) is 3.12. The van der Waals surface area contributed by atoms with Gasteiger partial charge in [0.1, 0.15) is 5.16 Å². The van der Waals surface area contributed by atoms with Gasteiger partial charge in [-0.15, -0.1) is 0 Å². The molecule has 3 nitrogen and oxygen atoms in total. The molecule has 0 radical (unpaired) electrons. The quantitative estimate of drug-likeness (QED) is 0.432. The first-order valence-electron chi connectivity index (χ1n) is 3.91. The zero-order valence-corrected chi connectivity index (χ0v) is 8.85. The lowest BCUT2D eigenvalue weighted by molar-refractivity contribution is -0.132. The molecule has 13 heavy (non-hydrogen) atoms. The molecule has 0 spiro atoms. The molecule has 0 fully saturated rings. The Kier molecular flexibility index (Phi) is 4.56. The van der Waals surface area contributed by atoms with E-state index < -0.39 is 5.97 Å². The standard InChI is InChI=1S/C9H14ClNO2/c1-5-11(4)8(10)7(6(2)3)9(12)13/h2,5H2,1,3-4H3,(H,12,13)/b8-7+. The van der Waals surface area contributed by atoms with Crippen molar-refractivity contribution in [3.63, 3.8) is 0 Å². The van der Waals surface area contributed by atoms with Crippen LogP contribution in [0.25, 0.3) is 0 Å². The Bertz CT molecular complexity index is 242. The number of hydrogen-bond acceptors (Lipinski definition) is 2. The topological polar surface area (TPSA) is 40.5 Å². The molecule has 0 rings (SSSR count). The second-order valence-electron chi connectivity index (χ2n) is 2.77. The lowest BCUT2D eigenvalue weighted by Crippen LogP contribution is -2.18. The van der Waals surface area contributed by atoms with Gasteiger partial charge >= 0.3 is 5.97 Å². The Labute approximate surface area is 83.3 Å². The fourth-order valence-electron chi connectivity index (χ4n) is 0.777. The summed E-state index contributed by atoms with van der Waals surface area (Å²) in [5.41, 5.74) is 0.531. The van der Waals surface area contributed by atoms with E-state index in [-0.39, 0.29) is 10.7 Å². The van der Waals surface area contributed by atoms with Crippen LogP contribution in [-0.4, -0.2) is 29.6 Å². The summed E-state index contributed by atoms with van der Waals surface area (Å²) in [7, 11) is 1.73. The summed E-state index contributed by atoms with van der Waals surface area (Å²) in [5, 5.41) is 9.05. The van der Waals surface area contributed by atoms with Crippen molar-refractivity contribution in [1.29, 1.82) is 0 Å². The highest BCUT2D eigenvalue weighted by Crippen LogP contribution is 2.19. The predicted octanol–water partition coefficient (Wildman–Crippen LogP) is 2.05. The van der Waals surface area contributed by atoms with Gasteiger partial charge in [-0.05, 0) is 19.4 Å². The van der Waals surface area contributed by atoms with E-state index in [1.54, 1.807) is 18.9 Å². The maximum absolute atomic E-state index is 10.8. The third-order valence-electron chi connectivity index (χ3n) is 1.66. The number of carbonyl (C=O) groups is 1. The smallest absolute Gasteiger partial charge is 0.339 e. The molecule has 0 aliphatic carbocycles. The summed E-state index contributed by atoms with van der Waals surface area (Å²) >= 11 is 5.85. The molecule has 0 heterocycles. The van der Waals surface area contributed by atoms with E-state index in [0.717, 1.165) is 0 Å². The first-order chi connectivity index (χ1) is 5.91. The summed E-state index contributed by atoms with van der Waals surface area (Å²) in [4.78, 5) is 12.4. The molecule has 74 valence electrons. The van der Waals surface area contributed by atoms with Crippen molar-refractivity contribution >= 4 is 17.6 Å². The zero-order valence-electron chi connectivity index (χ0n) is 8.09. The Morgan fingerprint density at radius 3 is 2.31 bits per heavy atom. The van der Waals surface area contributed by atoms with Gasteiger partial charge in [-0.3, -0.25) is 0 Å². The molecule has 0 saturated carbocycles. The Balaban J connectivity index is 5.09. The summed E-state index contributed by atoms with van der Waals surface area (Å²) in [6.07, 6.45) is 0. The number of hydrogen-bond donors (Lipinski definition) is 1. The van der Waals surface area contributed by atoms with Crippen LogP contribution in [0, 0.1) is 0 Å². The van der Waals surface area contributed by atoms with Crippen molar-refractivity contribution in [2.75, 3.05) is 13.6 Å². The minimum absolute atomic E-state index is 0.0750. The molecule has 0 aromatic rings. The van der Waals surface area contributed by atoms with E-state index in [0.29, 0.717) is 12.1 Å². The van der Waals surface area contributed by atoms with E-state index >= 15 is 0 Å². The normalized spacial score (nSPS) is 12.0. The van der Waals surface area contributed by atoms with Crippen molar-refractivity contribution in [1.82, 2.24) is 4.90 Å². The Morgan fingerprint density at radius 1 is 1.62 bits per heavy atom. The second kappa shape index (κ2) is 4.92. The number of nitrogens with zero attached hydrogens (tertiary/aromatic N) is 1. The van der Waals surface area contributed by atoms with Crippen LogP contribution in [0.15, 0.2) is 22.9 Å². The van der Waals surface area contributed by atoms with E-state index in [1.807, 2.05) is 6.92 Å². The SMILES string of the molecule is C=C(C)/C(C(=O)O)=C(/Cl)N(C)CC. The monoisotopic (exact) mass is 203 g/mol. The molecule has 0 unspecified atom stereocenters. The maximum atomic E-state index is 10.8. The van der Waals surface area contributed by atoms with Crippen molar-refractivity contribution in [3.05, 3.63) is 22.9 Å². The third kappa shape index (κ3) is 3.11. The minimum Gasteiger partial charge on any atom is -0.478 e. The van der Waals surface area contributed by atoms with Crippen LogP contribution in [0.2, 0.25) is 0 Å². The van der Waals surface area contributed by atoms with Gasteiger partial charge < -0.3 is 10.0 Å². The third-order valence-corrected chi connectivity index (χ3v) is 2.13. The highest BCUT2D eigenvalue weighted by molar-refractivity contribution is 6.31. The lowest BCUT2D eigenvalue weighted by atomic mass is 10.1. The molecule has 0 aromatic carbocycles. The van der Waals surface area contributed by atoms with Crippen molar-refractivity contribution in [2.45, 2.75) is 13.8 Å². The molecule has 0 amide bonds. The van der Waals surface area contributed by atoms with Gasteiger partial charge in [0.15, 0.2) is 0 Å². The van der Waals surface area contributed by atoms with Gasteiger partial charge in [0.2, 0.25) is 0 Å². The molecule has 1 N–H and O–H groups in total. The van der Waals surface area contributed by atoms with E-state index in [9.17, 15) is 4.79 Å². The van der Waals surface area contributed by atoms with Crippen LogP contribution in [0.1, 0.15) is 13.8 Å². The Hall–Kier alpha value is -0.960. The van der Waals surface area contributed by atoms with Gasteiger partial charge in [-0.1, -0.05) is 18.2 Å². The molecule has 0 aliphatic rings. The average Bonchev–Trinajstić information content (AvgIpc) is 2.01. The highest BCUT2D eigenvalue weighted by Gasteiger charge is 2.15. The molecule has 0 aromatic heterocycles. The van der Waals surface area contributed by atoms with Crippen LogP contribution < -0.4 is 0 Å². The Morgan fingerprint density at radius 2 is 2.08 bits per heavy atom. The van der Waals surface area contributed by atoms with E-state index in [2.05, 4.69) is 6.58 Å². The summed E-state index contributed by atoms with van der Waals surface area (Å²) in [5.74, 6) is -1.04. The molecule has 4 heteroatoms. The van der Waals surface area contributed by atoms with Crippen molar-refractivity contribution < 1.29 is 9.90 Å². The fraction of sp³-hybridized carbons (Fsp3) is 0.444. The van der Waals surface area contributed by atoms with Gasteiger partial charge in [0.25, 0.3) is 0 Å². The maximum Gasteiger partial charge on any atom is 0.339 e. The minimum atomic E-state index is -1.04. The van der Waals surface area contributed by atoms with E-state index in [4.69, 9.17) is 16.7 Å². The molecule has 0 atom stereocenters. The lowest BCUT2D eigenvalue weighted by Gasteiger charge is -2.17. The van der Waals surface area contributed by atoms with E-state index in [1.165, 1.54) is 0 Å². The van der Waals surface area contributed by atoms with Gasteiger partial charge in [0.05, 0.1) is 5.57 Å². The molecule has 0 bridgehead atoms. The largest absolute Gasteiger partial charge is 0.478 e. The first kappa shape index (κ1) is 12.0. The van der Waals surface area contributed by atoms with Gasteiger partial charge in [-0.2, -0.15) is 0 Å². The van der Waals surface area contributed by atoms with Gasteiger partial charge in [-0.25, -0.2) is 4.79 Å². The predicted molar refractivity (Wildman–Crippen MR) is 53.6 cm³/mol. The number of halogens is 1. The van der Waals surface area contributed by atoms with Gasteiger partial charge in [0, 0.05) is 13.6 Å². The highest BCUT2D eigenvalue weighted by atomic mass is 35.5. The average molecular weight is 204 g/mol. The van der Waals surface area contributed by atoms with Crippen LogP contribution in [0.3, 0.4) is 0 Å². The number of carboxylic acids is 1. The van der Waals surface area contributed by atoms with Crippen molar-refractivity contribution in [2.24, 2.45) is 0 Å². The van der Waals surface area contributed by atoms with Crippen LogP contribution in [0.4, 0.5) is 0 Å². The fourth-order valence-corrected chi connectivity index (χ4v) is 1.14. The zero-order chi connectivity index (χ0) is 10.6. The molecule has 0 saturated heterocycles. The van der Waals surface area contributed by atoms with Crippen LogP contribution in [0.5, 0.6) is 0 Å². The van der Waals surface area contributed by atoms with Crippen LogP contribution in [-0.2, 0) is 4.79 Å². The van der Waals surface area contributed by atoms with Crippen molar-refractivity contribution in [3.8, 4) is 0 Å². The molecular formula is C9H14ClNO2. The number of carboxylic acid groups (broad SMARTS) is 1. The summed E-state index contributed by atoms with van der Waals surface area (Å²) in [6.45, 7) is 7.73. The summed E-state index contributed by atoms with van der Waals surface area (Å²) < 4.78 is 0. The number of aliphatic carboxylic acids is 1. The van der Waals surface area contributed by atoms with Crippen LogP contribution >= 0.6 is 11.6 Å².